The fourth-order valence-corrected chi connectivity index (χ4v) is 3.45. The molecule has 0 amide bonds. The quantitative estimate of drug-likeness (QED) is 0.753. The lowest BCUT2D eigenvalue weighted by molar-refractivity contribution is 0.590. The van der Waals surface area contributed by atoms with Gasteiger partial charge in [-0.05, 0) is 24.5 Å². The minimum Gasteiger partial charge on any atom is -0.327 e. The van der Waals surface area contributed by atoms with Gasteiger partial charge in [0.05, 0.1) is 10.6 Å². The second kappa shape index (κ2) is 5.46. The highest BCUT2D eigenvalue weighted by Crippen LogP contribution is 2.23. The van der Waals surface area contributed by atoms with E-state index in [0.717, 1.165) is 5.56 Å². The number of hydrogen-bond donors (Lipinski definition) is 1. The van der Waals surface area contributed by atoms with Crippen LogP contribution in [0.15, 0.2) is 29.2 Å². The van der Waals surface area contributed by atoms with Gasteiger partial charge in [0.15, 0.2) is 9.84 Å². The van der Waals surface area contributed by atoms with Gasteiger partial charge >= 0.3 is 0 Å². The van der Waals surface area contributed by atoms with Crippen LogP contribution in [0.2, 0.25) is 0 Å². The first kappa shape index (κ1) is 13.2. The predicted molar refractivity (Wildman–Crippen MR) is 66.1 cm³/mol. The van der Waals surface area contributed by atoms with Crippen molar-refractivity contribution >= 4 is 9.84 Å². The van der Waals surface area contributed by atoms with Crippen LogP contribution in [0.4, 0.5) is 0 Å². The van der Waals surface area contributed by atoms with Crippen LogP contribution in [-0.2, 0) is 16.3 Å². The third kappa shape index (κ3) is 2.83. The normalized spacial score (nSPS) is 22.3. The summed E-state index contributed by atoms with van der Waals surface area (Å²) in [5.74, 6) is 0.172. The van der Waals surface area contributed by atoms with Crippen LogP contribution in [0.3, 0.4) is 0 Å². The number of benzene rings is 1. The lowest BCUT2D eigenvalue weighted by Crippen LogP contribution is -2.22. The maximum absolute atomic E-state index is 11.8. The first-order valence-corrected chi connectivity index (χ1v) is 7.31. The summed E-state index contributed by atoms with van der Waals surface area (Å²) >= 11 is 0. The molecule has 1 aromatic carbocycles. The summed E-state index contributed by atoms with van der Waals surface area (Å²) in [6, 6.07) is 7.09. The van der Waals surface area contributed by atoms with Crippen molar-refractivity contribution in [2.24, 2.45) is 5.73 Å². The Morgan fingerprint density at radius 2 is 1.88 bits per heavy atom. The standard InChI is InChI=1S/C10H13NO2S.C2H6/c11-9-5-6-14(12,13)10-4-2-1-3-8(10)7-9;1-2/h1-4,9H,5-7,11H2;1-2H3. The Morgan fingerprint density at radius 3 is 2.56 bits per heavy atom. The lowest BCUT2D eigenvalue weighted by Gasteiger charge is -2.06. The van der Waals surface area contributed by atoms with Crippen molar-refractivity contribution < 1.29 is 8.42 Å². The summed E-state index contributed by atoms with van der Waals surface area (Å²) in [6.45, 7) is 4.00. The number of nitrogens with two attached hydrogens (primary N) is 1. The molecule has 1 atom stereocenters. The molecule has 1 aliphatic heterocycles. The summed E-state index contributed by atoms with van der Waals surface area (Å²) in [5, 5.41) is 0. The number of hydrogen-bond acceptors (Lipinski definition) is 3. The second-order valence-corrected chi connectivity index (χ2v) is 5.76. The van der Waals surface area contributed by atoms with E-state index in [0.29, 0.717) is 17.7 Å². The van der Waals surface area contributed by atoms with Gasteiger partial charge in [0.1, 0.15) is 0 Å². The molecule has 16 heavy (non-hydrogen) atoms. The summed E-state index contributed by atoms with van der Waals surface area (Å²) in [7, 11) is -3.09. The summed E-state index contributed by atoms with van der Waals surface area (Å²) < 4.78 is 23.6. The second-order valence-electron chi connectivity index (χ2n) is 3.68. The van der Waals surface area contributed by atoms with Crippen LogP contribution in [0, 0.1) is 0 Å². The van der Waals surface area contributed by atoms with E-state index in [1.807, 2.05) is 26.0 Å². The first-order valence-electron chi connectivity index (χ1n) is 5.66. The van der Waals surface area contributed by atoms with Gasteiger partial charge in [-0.25, -0.2) is 8.42 Å². The molecule has 2 N–H and O–H groups in total. The van der Waals surface area contributed by atoms with Crippen molar-refractivity contribution in [3.63, 3.8) is 0 Å². The van der Waals surface area contributed by atoms with Gasteiger partial charge in [-0.2, -0.15) is 0 Å². The molecule has 1 heterocycles. The molecular weight excluding hydrogens is 222 g/mol. The molecule has 1 unspecified atom stereocenters. The summed E-state index contributed by atoms with van der Waals surface area (Å²) in [5.41, 5.74) is 6.67. The fraction of sp³-hybridized carbons (Fsp3) is 0.500. The molecule has 2 rings (SSSR count). The highest BCUT2D eigenvalue weighted by atomic mass is 32.2. The van der Waals surface area contributed by atoms with Gasteiger partial charge in [0, 0.05) is 6.04 Å². The molecule has 0 saturated heterocycles. The Hall–Kier alpha value is -0.870. The topological polar surface area (TPSA) is 60.2 Å². The molecule has 0 aliphatic carbocycles. The number of rotatable bonds is 0. The van der Waals surface area contributed by atoms with Crippen LogP contribution in [0.25, 0.3) is 0 Å². The molecule has 0 radical (unpaired) electrons. The average Bonchev–Trinajstić information content (AvgIpc) is 2.40. The van der Waals surface area contributed by atoms with E-state index < -0.39 is 9.84 Å². The summed E-state index contributed by atoms with van der Waals surface area (Å²) in [6.07, 6.45) is 1.21. The molecule has 90 valence electrons. The minimum atomic E-state index is -3.09. The minimum absolute atomic E-state index is 0.0339. The third-order valence-electron chi connectivity index (χ3n) is 2.55. The van der Waals surface area contributed by atoms with Crippen molar-refractivity contribution in [2.75, 3.05) is 5.75 Å². The monoisotopic (exact) mass is 241 g/mol. The molecular formula is C12H19NO2S. The van der Waals surface area contributed by atoms with E-state index >= 15 is 0 Å². The third-order valence-corrected chi connectivity index (χ3v) is 4.39. The van der Waals surface area contributed by atoms with Gasteiger partial charge in [-0.15, -0.1) is 0 Å². The Kier molecular flexibility index (Phi) is 4.50. The maximum Gasteiger partial charge on any atom is 0.178 e. The highest BCUT2D eigenvalue weighted by Gasteiger charge is 2.24. The van der Waals surface area contributed by atoms with Crippen molar-refractivity contribution in [1.82, 2.24) is 0 Å². The Balaban J connectivity index is 0.000000606. The van der Waals surface area contributed by atoms with Crippen molar-refractivity contribution in [3.8, 4) is 0 Å². The molecule has 1 aliphatic rings. The zero-order chi connectivity index (χ0) is 12.2. The SMILES string of the molecule is CC.NC1CCS(=O)(=O)c2ccccc2C1. The average molecular weight is 241 g/mol. The summed E-state index contributed by atoms with van der Waals surface area (Å²) in [4.78, 5) is 0.466. The van der Waals surface area contributed by atoms with Crippen molar-refractivity contribution in [2.45, 2.75) is 37.6 Å². The number of sulfone groups is 1. The van der Waals surface area contributed by atoms with E-state index in [1.165, 1.54) is 0 Å². The smallest absolute Gasteiger partial charge is 0.178 e. The van der Waals surface area contributed by atoms with E-state index in [2.05, 4.69) is 0 Å². The molecule has 0 saturated carbocycles. The fourth-order valence-electron chi connectivity index (χ4n) is 1.78. The van der Waals surface area contributed by atoms with E-state index in [1.54, 1.807) is 12.1 Å². The number of fused-ring (bicyclic) bond motifs is 1. The van der Waals surface area contributed by atoms with Gasteiger partial charge in [-0.3, -0.25) is 0 Å². The maximum atomic E-state index is 11.8. The predicted octanol–water partition coefficient (Wildman–Crippen LogP) is 1.76. The van der Waals surface area contributed by atoms with Crippen LogP contribution >= 0.6 is 0 Å². The van der Waals surface area contributed by atoms with Crippen molar-refractivity contribution in [1.29, 1.82) is 0 Å². The molecule has 0 aromatic heterocycles. The zero-order valence-electron chi connectivity index (χ0n) is 9.81. The molecule has 0 spiro atoms. The van der Waals surface area contributed by atoms with E-state index in [4.69, 9.17) is 5.73 Å². The van der Waals surface area contributed by atoms with Crippen LogP contribution in [0.1, 0.15) is 25.8 Å². The molecule has 4 heteroatoms. The van der Waals surface area contributed by atoms with Gasteiger partial charge < -0.3 is 5.73 Å². The highest BCUT2D eigenvalue weighted by molar-refractivity contribution is 7.91. The van der Waals surface area contributed by atoms with Crippen LogP contribution < -0.4 is 5.73 Å². The first-order chi connectivity index (χ1) is 7.59. The van der Waals surface area contributed by atoms with Gasteiger partial charge in [-0.1, -0.05) is 32.0 Å². The Morgan fingerprint density at radius 1 is 1.25 bits per heavy atom. The molecule has 0 fully saturated rings. The van der Waals surface area contributed by atoms with E-state index in [-0.39, 0.29) is 11.8 Å². The molecule has 3 nitrogen and oxygen atoms in total. The molecule has 1 aromatic rings. The Labute approximate surface area is 97.6 Å². The lowest BCUT2D eigenvalue weighted by atomic mass is 10.1. The van der Waals surface area contributed by atoms with E-state index in [9.17, 15) is 8.42 Å². The van der Waals surface area contributed by atoms with Crippen molar-refractivity contribution in [3.05, 3.63) is 29.8 Å². The molecule has 0 bridgehead atoms. The van der Waals surface area contributed by atoms with Gasteiger partial charge in [0.2, 0.25) is 0 Å². The van der Waals surface area contributed by atoms with Crippen LogP contribution in [0.5, 0.6) is 0 Å². The van der Waals surface area contributed by atoms with Crippen LogP contribution in [-0.4, -0.2) is 20.2 Å². The van der Waals surface area contributed by atoms with Gasteiger partial charge in [0.25, 0.3) is 0 Å². The Bertz CT molecular complexity index is 440. The zero-order valence-corrected chi connectivity index (χ0v) is 10.6. The largest absolute Gasteiger partial charge is 0.327 e.